The number of rotatable bonds is 8. The maximum absolute atomic E-state index is 10.6. The first kappa shape index (κ1) is 20.0. The fourth-order valence-electron chi connectivity index (χ4n) is 3.79. The second-order valence-electron chi connectivity index (χ2n) is 7.52. The Morgan fingerprint density at radius 1 is 1.04 bits per heavy atom. The zero-order chi connectivity index (χ0) is 19.1. The molecule has 1 aliphatic rings. The number of aliphatic hydroxyl groups is 2. The molecule has 2 N–H and O–H groups in total. The van der Waals surface area contributed by atoms with Gasteiger partial charge in [-0.25, -0.2) is 0 Å². The average molecular weight is 370 g/mol. The number of hydrogen-bond donors (Lipinski definition) is 2. The predicted octanol–water partition coefficient (Wildman–Crippen LogP) is 3.31. The molecule has 1 saturated heterocycles. The quantitative estimate of drug-likeness (QED) is 0.750. The Morgan fingerprint density at radius 3 is 2.44 bits per heavy atom. The highest BCUT2D eigenvalue weighted by molar-refractivity contribution is 5.31. The highest BCUT2D eigenvalue weighted by Crippen LogP contribution is 2.26. The Bertz CT molecular complexity index is 674. The van der Waals surface area contributed by atoms with E-state index < -0.39 is 6.10 Å². The maximum Gasteiger partial charge on any atom is 0.108 e. The molecular weight excluding hydrogens is 338 g/mol. The first-order valence-electron chi connectivity index (χ1n) is 9.93. The molecule has 4 heteroatoms. The standard InChI is InChI=1S/C23H31NO3/c1-18-10-12-20(13-11-18)23(19-7-3-2-4-8-19)27-17-22(26)15-24-14-6-5-9-21(24)16-25/h2-4,7-8,10-13,21-23,25-26H,5-6,9,14-17H2,1H3/t21-,22-,23+/m0/s1. The molecule has 1 aliphatic heterocycles. The third-order valence-corrected chi connectivity index (χ3v) is 5.34. The third kappa shape index (κ3) is 5.63. The largest absolute Gasteiger partial charge is 0.395 e. The Labute approximate surface area is 162 Å². The molecule has 0 radical (unpaired) electrons. The molecule has 0 aromatic heterocycles. The lowest BCUT2D eigenvalue weighted by molar-refractivity contribution is -0.0236. The number of ether oxygens (including phenoxy) is 1. The van der Waals surface area contributed by atoms with Crippen LogP contribution in [-0.4, -0.2) is 53.6 Å². The summed E-state index contributed by atoms with van der Waals surface area (Å²) in [5.74, 6) is 0. The molecule has 0 bridgehead atoms. The van der Waals surface area contributed by atoms with Crippen LogP contribution in [0, 0.1) is 6.92 Å². The fourth-order valence-corrected chi connectivity index (χ4v) is 3.79. The van der Waals surface area contributed by atoms with Crippen molar-refractivity contribution in [2.45, 2.75) is 44.4 Å². The highest BCUT2D eigenvalue weighted by atomic mass is 16.5. The minimum atomic E-state index is -0.575. The molecule has 0 saturated carbocycles. The molecule has 0 amide bonds. The minimum absolute atomic E-state index is 0.156. The Hall–Kier alpha value is -1.72. The summed E-state index contributed by atoms with van der Waals surface area (Å²) in [6.45, 7) is 3.97. The van der Waals surface area contributed by atoms with Gasteiger partial charge in [-0.3, -0.25) is 4.90 Å². The van der Waals surface area contributed by atoms with Crippen molar-refractivity contribution in [2.75, 3.05) is 26.3 Å². The summed E-state index contributed by atoms with van der Waals surface area (Å²) < 4.78 is 6.19. The number of aliphatic hydroxyl groups excluding tert-OH is 2. The molecule has 1 heterocycles. The van der Waals surface area contributed by atoms with Crippen LogP contribution >= 0.6 is 0 Å². The van der Waals surface area contributed by atoms with Gasteiger partial charge in [0.25, 0.3) is 0 Å². The van der Waals surface area contributed by atoms with E-state index in [9.17, 15) is 10.2 Å². The molecule has 0 aliphatic carbocycles. The molecule has 27 heavy (non-hydrogen) atoms. The summed E-state index contributed by atoms with van der Waals surface area (Å²) in [5.41, 5.74) is 3.38. The van der Waals surface area contributed by atoms with Crippen LogP contribution in [0.5, 0.6) is 0 Å². The summed E-state index contributed by atoms with van der Waals surface area (Å²) >= 11 is 0. The monoisotopic (exact) mass is 369 g/mol. The second kappa shape index (κ2) is 10.00. The molecule has 4 nitrogen and oxygen atoms in total. The van der Waals surface area contributed by atoms with Crippen molar-refractivity contribution >= 4 is 0 Å². The molecule has 146 valence electrons. The van der Waals surface area contributed by atoms with E-state index in [0.717, 1.165) is 36.9 Å². The van der Waals surface area contributed by atoms with Gasteiger partial charge >= 0.3 is 0 Å². The van der Waals surface area contributed by atoms with Gasteiger partial charge in [0.05, 0.1) is 19.3 Å². The van der Waals surface area contributed by atoms with Crippen molar-refractivity contribution < 1.29 is 14.9 Å². The van der Waals surface area contributed by atoms with Gasteiger partial charge in [-0.15, -0.1) is 0 Å². The van der Waals surface area contributed by atoms with Gasteiger partial charge < -0.3 is 14.9 Å². The van der Waals surface area contributed by atoms with Crippen molar-refractivity contribution in [1.82, 2.24) is 4.90 Å². The zero-order valence-corrected chi connectivity index (χ0v) is 16.1. The minimum Gasteiger partial charge on any atom is -0.395 e. The first-order chi connectivity index (χ1) is 13.2. The normalized spacial score (nSPS) is 20.3. The van der Waals surface area contributed by atoms with E-state index in [-0.39, 0.29) is 25.4 Å². The number of piperidine rings is 1. The fraction of sp³-hybridized carbons (Fsp3) is 0.478. The molecule has 0 unspecified atom stereocenters. The van der Waals surface area contributed by atoms with Crippen LogP contribution in [0.1, 0.15) is 42.1 Å². The van der Waals surface area contributed by atoms with Crippen molar-refractivity contribution in [2.24, 2.45) is 0 Å². The van der Waals surface area contributed by atoms with E-state index in [2.05, 4.69) is 48.2 Å². The van der Waals surface area contributed by atoms with Crippen molar-refractivity contribution in [3.05, 3.63) is 71.3 Å². The second-order valence-corrected chi connectivity index (χ2v) is 7.52. The lowest BCUT2D eigenvalue weighted by Crippen LogP contribution is -2.46. The maximum atomic E-state index is 10.6. The molecule has 3 rings (SSSR count). The van der Waals surface area contributed by atoms with E-state index in [4.69, 9.17) is 4.74 Å². The number of nitrogens with zero attached hydrogens (tertiary/aromatic N) is 1. The molecule has 2 aromatic rings. The van der Waals surface area contributed by atoms with Gasteiger partial charge in [-0.1, -0.05) is 66.6 Å². The number of β-amino-alcohol motifs (C(OH)–C–C–N with tert-alkyl or cyclic N) is 1. The SMILES string of the molecule is Cc1ccc([C@H](OC[C@@H](O)CN2CCCC[C@H]2CO)c2ccccc2)cc1. The summed E-state index contributed by atoms with van der Waals surface area (Å²) in [6.07, 6.45) is 2.50. The zero-order valence-electron chi connectivity index (χ0n) is 16.1. The van der Waals surface area contributed by atoms with Gasteiger partial charge in [0.2, 0.25) is 0 Å². The van der Waals surface area contributed by atoms with Gasteiger partial charge in [0.1, 0.15) is 6.10 Å². The molecular formula is C23H31NO3. The van der Waals surface area contributed by atoms with E-state index in [1.54, 1.807) is 0 Å². The lowest BCUT2D eigenvalue weighted by Gasteiger charge is -2.36. The van der Waals surface area contributed by atoms with Crippen LogP contribution < -0.4 is 0 Å². The van der Waals surface area contributed by atoms with Gasteiger partial charge in [-0.05, 0) is 37.4 Å². The summed E-state index contributed by atoms with van der Waals surface area (Å²) in [5, 5.41) is 20.1. The number of likely N-dealkylation sites (tertiary alicyclic amines) is 1. The van der Waals surface area contributed by atoms with E-state index in [0.29, 0.717) is 6.54 Å². The van der Waals surface area contributed by atoms with Crippen LogP contribution in [0.4, 0.5) is 0 Å². The highest BCUT2D eigenvalue weighted by Gasteiger charge is 2.24. The molecule has 3 atom stereocenters. The third-order valence-electron chi connectivity index (χ3n) is 5.34. The summed E-state index contributed by atoms with van der Waals surface area (Å²) in [4.78, 5) is 2.20. The van der Waals surface area contributed by atoms with Crippen LogP contribution in [0.15, 0.2) is 54.6 Å². The van der Waals surface area contributed by atoms with Crippen LogP contribution in [-0.2, 0) is 4.74 Å². The summed E-state index contributed by atoms with van der Waals surface area (Å²) in [7, 11) is 0. The van der Waals surface area contributed by atoms with Crippen molar-refractivity contribution in [3.63, 3.8) is 0 Å². The average Bonchev–Trinajstić information content (AvgIpc) is 2.70. The van der Waals surface area contributed by atoms with E-state index in [1.165, 1.54) is 5.56 Å². The first-order valence-corrected chi connectivity index (χ1v) is 9.93. The molecule has 0 spiro atoms. The number of benzene rings is 2. The molecule has 1 fully saturated rings. The number of hydrogen-bond acceptors (Lipinski definition) is 4. The van der Waals surface area contributed by atoms with Gasteiger partial charge in [0, 0.05) is 12.6 Å². The Balaban J connectivity index is 1.64. The van der Waals surface area contributed by atoms with Gasteiger partial charge in [-0.2, -0.15) is 0 Å². The topological polar surface area (TPSA) is 52.9 Å². The van der Waals surface area contributed by atoms with Crippen LogP contribution in [0.2, 0.25) is 0 Å². The summed E-state index contributed by atoms with van der Waals surface area (Å²) in [6, 6.07) is 18.6. The number of aryl methyl sites for hydroxylation is 1. The lowest BCUT2D eigenvalue weighted by atomic mass is 10.0. The van der Waals surface area contributed by atoms with E-state index >= 15 is 0 Å². The van der Waals surface area contributed by atoms with E-state index in [1.807, 2.05) is 18.2 Å². The van der Waals surface area contributed by atoms with Gasteiger partial charge in [0.15, 0.2) is 0 Å². The predicted molar refractivity (Wildman–Crippen MR) is 108 cm³/mol. The van der Waals surface area contributed by atoms with Crippen molar-refractivity contribution in [1.29, 1.82) is 0 Å². The van der Waals surface area contributed by atoms with Crippen molar-refractivity contribution in [3.8, 4) is 0 Å². The smallest absolute Gasteiger partial charge is 0.108 e. The van der Waals surface area contributed by atoms with Crippen LogP contribution in [0.25, 0.3) is 0 Å². The van der Waals surface area contributed by atoms with Crippen LogP contribution in [0.3, 0.4) is 0 Å². The molecule has 2 aromatic carbocycles. The Kier molecular flexibility index (Phi) is 7.41. The Morgan fingerprint density at radius 2 is 1.74 bits per heavy atom.